The second kappa shape index (κ2) is 13.0. The van der Waals surface area contributed by atoms with E-state index in [1.165, 1.54) is 18.3 Å². The molecule has 6 rings (SSSR count). The smallest absolute Gasteiger partial charge is 0.325 e. The van der Waals surface area contributed by atoms with Crippen LogP contribution in [0.1, 0.15) is 63.7 Å². The molecule has 0 unspecified atom stereocenters. The molecule has 0 radical (unpaired) electrons. The van der Waals surface area contributed by atoms with Crippen molar-refractivity contribution in [3.8, 4) is 33.6 Å². The van der Waals surface area contributed by atoms with E-state index in [0.717, 1.165) is 38.3 Å². The lowest BCUT2D eigenvalue weighted by atomic mass is 9.95. The van der Waals surface area contributed by atoms with Crippen molar-refractivity contribution in [1.82, 2.24) is 20.6 Å². The van der Waals surface area contributed by atoms with E-state index in [9.17, 15) is 24.3 Å². The van der Waals surface area contributed by atoms with Gasteiger partial charge in [0.2, 0.25) is 5.91 Å². The van der Waals surface area contributed by atoms with Crippen LogP contribution in [0.25, 0.3) is 33.6 Å². The van der Waals surface area contributed by atoms with Crippen molar-refractivity contribution in [3.63, 3.8) is 0 Å². The minimum atomic E-state index is -1.17. The number of aromatic nitrogens is 2. The van der Waals surface area contributed by atoms with E-state index in [0.29, 0.717) is 21.8 Å². The summed E-state index contributed by atoms with van der Waals surface area (Å²) in [5.74, 6) is -1.66. The number of nitrogens with zero attached hydrogens (tertiary/aromatic N) is 2. The number of carboxylic acids is 1. The van der Waals surface area contributed by atoms with Crippen LogP contribution in [-0.4, -0.2) is 50.7 Å². The highest BCUT2D eigenvalue weighted by Gasteiger charge is 2.28. The number of nitrogens with one attached hydrogen (secondary N) is 2. The maximum absolute atomic E-state index is 13.2. The van der Waals surface area contributed by atoms with Gasteiger partial charge in [0.1, 0.15) is 12.1 Å². The van der Waals surface area contributed by atoms with E-state index in [1.807, 2.05) is 72.8 Å². The number of fused-ring (bicyclic) bond motifs is 3. The number of hydrogen-bond donors (Lipinski definition) is 3. The Labute approximate surface area is 282 Å². The lowest BCUT2D eigenvalue weighted by molar-refractivity contribution is -0.141. The zero-order valence-electron chi connectivity index (χ0n) is 26.9. The predicted octanol–water partition coefficient (Wildman–Crippen LogP) is 6.31. The first kappa shape index (κ1) is 32.5. The molecule has 242 valence electrons. The number of aliphatic carboxylic acids is 1. The van der Waals surface area contributed by atoms with Gasteiger partial charge in [-0.2, -0.15) is 0 Å². The number of benzene rings is 3. The van der Waals surface area contributed by atoms with Crippen LogP contribution >= 0.6 is 11.3 Å². The van der Waals surface area contributed by atoms with Crippen molar-refractivity contribution < 1.29 is 24.3 Å². The molecule has 2 heterocycles. The molecule has 48 heavy (non-hydrogen) atoms. The summed E-state index contributed by atoms with van der Waals surface area (Å²) in [6.45, 7) is 7.55. The molecule has 5 aromatic rings. The van der Waals surface area contributed by atoms with E-state index < -0.39 is 29.9 Å². The standard InChI is InChI=1S/C38H34N4O5S/c1-21(37(46)47)41-35(44)30(42-36(45)31-15-16-32(48-31)38(2,3)4)17-22-9-11-23(12-10-22)34-39-19-25(20-40-34)24-13-14-27-26-7-5-6-8-28(26)33(43)29(27)18-24/h5-16,18-21,30H,17H2,1-4H3,(H,41,44)(H,42,45)(H,46,47)/t21-,30+/m1/s1. The molecule has 2 aromatic heterocycles. The van der Waals surface area contributed by atoms with Gasteiger partial charge in [-0.3, -0.25) is 19.2 Å². The Kier molecular flexibility index (Phi) is 8.77. The van der Waals surface area contributed by atoms with Crippen molar-refractivity contribution in [3.05, 3.63) is 118 Å². The second-order valence-corrected chi connectivity index (χ2v) is 13.9. The summed E-state index contributed by atoms with van der Waals surface area (Å²) in [7, 11) is 0. The predicted molar refractivity (Wildman–Crippen MR) is 185 cm³/mol. The first-order valence-corrected chi connectivity index (χ1v) is 16.3. The summed E-state index contributed by atoms with van der Waals surface area (Å²) >= 11 is 1.36. The first-order valence-electron chi connectivity index (χ1n) is 15.5. The number of thiophene rings is 1. The lowest BCUT2D eigenvalue weighted by Gasteiger charge is -2.20. The minimum Gasteiger partial charge on any atom is -0.480 e. The molecule has 0 fully saturated rings. The number of amides is 2. The fourth-order valence-electron chi connectivity index (χ4n) is 5.54. The third kappa shape index (κ3) is 6.65. The van der Waals surface area contributed by atoms with Gasteiger partial charge in [0.05, 0.1) is 4.88 Å². The average molecular weight is 659 g/mol. The van der Waals surface area contributed by atoms with Gasteiger partial charge in [-0.25, -0.2) is 9.97 Å². The van der Waals surface area contributed by atoms with Crippen LogP contribution in [0, 0.1) is 0 Å². The summed E-state index contributed by atoms with van der Waals surface area (Å²) in [5, 5.41) is 14.6. The van der Waals surface area contributed by atoms with Gasteiger partial charge < -0.3 is 15.7 Å². The molecular weight excluding hydrogens is 625 g/mol. The Morgan fingerprint density at radius 2 is 1.44 bits per heavy atom. The van der Waals surface area contributed by atoms with Crippen molar-refractivity contribution in [2.45, 2.75) is 51.6 Å². The monoisotopic (exact) mass is 658 g/mol. The molecule has 2 amide bonds. The van der Waals surface area contributed by atoms with Gasteiger partial charge in [0, 0.05) is 45.9 Å². The molecular formula is C38H34N4O5S. The Morgan fingerprint density at radius 3 is 2.08 bits per heavy atom. The van der Waals surface area contributed by atoms with Gasteiger partial charge in [0.15, 0.2) is 11.6 Å². The molecule has 0 bridgehead atoms. The summed E-state index contributed by atoms with van der Waals surface area (Å²) < 4.78 is 0. The number of carboxylic acid groups (broad SMARTS) is 1. The number of rotatable bonds is 9. The second-order valence-electron chi connectivity index (χ2n) is 12.8. The maximum Gasteiger partial charge on any atom is 0.325 e. The highest BCUT2D eigenvalue weighted by molar-refractivity contribution is 7.14. The van der Waals surface area contributed by atoms with Gasteiger partial charge in [0.25, 0.3) is 5.91 Å². The largest absolute Gasteiger partial charge is 0.480 e. The number of carbonyl (C=O) groups excluding carboxylic acids is 3. The van der Waals surface area contributed by atoms with E-state index in [-0.39, 0.29) is 17.6 Å². The van der Waals surface area contributed by atoms with Crippen molar-refractivity contribution >= 4 is 34.9 Å². The summed E-state index contributed by atoms with van der Waals surface area (Å²) in [6.07, 6.45) is 3.59. The molecule has 0 saturated carbocycles. The highest BCUT2D eigenvalue weighted by Crippen LogP contribution is 2.38. The fourth-order valence-corrected chi connectivity index (χ4v) is 6.50. The van der Waals surface area contributed by atoms with Crippen molar-refractivity contribution in [2.75, 3.05) is 0 Å². The molecule has 3 aromatic carbocycles. The molecule has 9 nitrogen and oxygen atoms in total. The van der Waals surface area contributed by atoms with Crippen LogP contribution in [0.4, 0.5) is 0 Å². The Hall–Kier alpha value is -5.48. The highest BCUT2D eigenvalue weighted by atomic mass is 32.1. The van der Waals surface area contributed by atoms with Crippen LogP contribution in [-0.2, 0) is 21.4 Å². The molecule has 0 spiro atoms. The number of carbonyl (C=O) groups is 4. The van der Waals surface area contributed by atoms with E-state index in [4.69, 9.17) is 0 Å². The topological polar surface area (TPSA) is 138 Å². The molecule has 1 aliphatic rings. The van der Waals surface area contributed by atoms with Crippen LogP contribution in [0.3, 0.4) is 0 Å². The molecule has 10 heteroatoms. The molecule has 0 saturated heterocycles. The van der Waals surface area contributed by atoms with Crippen LogP contribution in [0.5, 0.6) is 0 Å². The Bertz CT molecular complexity index is 2040. The summed E-state index contributed by atoms with van der Waals surface area (Å²) in [6, 6.07) is 22.2. The Balaban J connectivity index is 1.17. The number of hydrogen-bond acceptors (Lipinski definition) is 7. The van der Waals surface area contributed by atoms with E-state index in [2.05, 4.69) is 41.4 Å². The van der Waals surface area contributed by atoms with Gasteiger partial charge in [-0.1, -0.05) is 81.4 Å². The first-order chi connectivity index (χ1) is 22.9. The number of ketones is 1. The molecule has 0 aliphatic heterocycles. The minimum absolute atomic E-state index is 0.0111. The molecule has 3 N–H and O–H groups in total. The zero-order valence-corrected chi connectivity index (χ0v) is 27.7. The average Bonchev–Trinajstić information content (AvgIpc) is 3.69. The third-order valence-electron chi connectivity index (χ3n) is 8.28. The van der Waals surface area contributed by atoms with Gasteiger partial charge >= 0.3 is 5.97 Å². The van der Waals surface area contributed by atoms with Crippen LogP contribution < -0.4 is 10.6 Å². The van der Waals surface area contributed by atoms with Crippen molar-refractivity contribution in [2.24, 2.45) is 0 Å². The zero-order chi connectivity index (χ0) is 34.2. The van der Waals surface area contributed by atoms with Crippen molar-refractivity contribution in [1.29, 1.82) is 0 Å². The summed E-state index contributed by atoms with van der Waals surface area (Å²) in [5.41, 5.74) is 6.25. The molecule has 2 atom stereocenters. The van der Waals surface area contributed by atoms with Gasteiger partial charge in [-0.05, 0) is 52.8 Å². The molecule has 1 aliphatic carbocycles. The van der Waals surface area contributed by atoms with E-state index in [1.54, 1.807) is 18.5 Å². The lowest BCUT2D eigenvalue weighted by Crippen LogP contribution is -2.51. The maximum atomic E-state index is 13.2. The fraction of sp³-hybridized carbons (Fsp3) is 0.211. The SMILES string of the molecule is C[C@@H](NC(=O)[C@H](Cc1ccc(-c2ncc(-c3ccc4c(c3)C(=O)c3ccccc3-4)cn2)cc1)NC(=O)c1ccc(C(C)(C)C)s1)C(=O)O. The quantitative estimate of drug-likeness (QED) is 0.166. The summed E-state index contributed by atoms with van der Waals surface area (Å²) in [4.78, 5) is 61.3. The van der Waals surface area contributed by atoms with E-state index >= 15 is 0 Å². The Morgan fingerprint density at radius 1 is 0.792 bits per heavy atom. The van der Waals surface area contributed by atoms with Gasteiger partial charge in [-0.15, -0.1) is 11.3 Å². The van der Waals surface area contributed by atoms with Crippen LogP contribution in [0.2, 0.25) is 0 Å². The van der Waals surface area contributed by atoms with Crippen LogP contribution in [0.15, 0.2) is 91.3 Å². The third-order valence-corrected chi connectivity index (χ3v) is 9.79. The normalized spacial score (nSPS) is 13.3.